The first kappa shape index (κ1) is 14.2. The summed E-state index contributed by atoms with van der Waals surface area (Å²) in [7, 11) is 0. The van der Waals surface area contributed by atoms with Crippen molar-refractivity contribution in [3.8, 4) is 11.1 Å². The molecule has 0 radical (unpaired) electrons. The maximum absolute atomic E-state index is 2.50. The summed E-state index contributed by atoms with van der Waals surface area (Å²) in [5.74, 6) is 0. The molecule has 1 aliphatic rings. The third-order valence-corrected chi connectivity index (χ3v) is 8.93. The van der Waals surface area contributed by atoms with E-state index in [-0.39, 0.29) is 0 Å². The van der Waals surface area contributed by atoms with Crippen LogP contribution in [0.25, 0.3) is 28.0 Å². The summed E-state index contributed by atoms with van der Waals surface area (Å²) in [4.78, 5) is 0. The molecule has 1 aliphatic carbocycles. The molecule has 3 aromatic rings. The average Bonchev–Trinajstić information content (AvgIpc) is 2.98. The molecule has 4 rings (SSSR count). The van der Waals surface area contributed by atoms with Gasteiger partial charge in [0.05, 0.1) is 0 Å². The van der Waals surface area contributed by atoms with Crippen LogP contribution in [-0.2, 0) is 21.8 Å². The number of benzene rings is 3. The molecule has 1 atom stereocenters. The van der Waals surface area contributed by atoms with E-state index in [1.807, 2.05) is 0 Å². The topological polar surface area (TPSA) is 0 Å². The fourth-order valence-electron chi connectivity index (χ4n) is 3.53. The summed E-state index contributed by atoms with van der Waals surface area (Å²) in [6, 6.07) is 22.2. The summed E-state index contributed by atoms with van der Waals surface area (Å²) >= 11 is -1.27. The molecule has 22 heavy (non-hydrogen) atoms. The maximum atomic E-state index is 2.50. The van der Waals surface area contributed by atoms with Crippen molar-refractivity contribution >= 4 is 16.8 Å². The zero-order valence-electron chi connectivity index (χ0n) is 13.0. The van der Waals surface area contributed by atoms with Gasteiger partial charge >= 0.3 is 140 Å². The van der Waals surface area contributed by atoms with Crippen molar-refractivity contribution in [2.45, 2.75) is 12.9 Å². The third-order valence-electron chi connectivity index (χ3n) is 4.63. The summed E-state index contributed by atoms with van der Waals surface area (Å²) in [5, 5.41) is 2.67. The van der Waals surface area contributed by atoms with Gasteiger partial charge in [0, 0.05) is 0 Å². The molecule has 0 nitrogen and oxygen atoms in total. The van der Waals surface area contributed by atoms with Crippen LogP contribution >= 0.6 is 0 Å². The minimum atomic E-state index is -1.27. The van der Waals surface area contributed by atoms with Gasteiger partial charge in [-0.15, -0.1) is 0 Å². The van der Waals surface area contributed by atoms with Gasteiger partial charge in [-0.1, -0.05) is 0 Å². The molecular formula is C21H19Zr. The van der Waals surface area contributed by atoms with Crippen molar-refractivity contribution in [3.63, 3.8) is 0 Å². The third kappa shape index (κ3) is 2.23. The Kier molecular flexibility index (Phi) is 3.62. The Morgan fingerprint density at radius 3 is 2.36 bits per heavy atom. The summed E-state index contributed by atoms with van der Waals surface area (Å²) in [6.07, 6.45) is 4.82. The second-order valence-electron chi connectivity index (χ2n) is 6.25. The molecule has 0 heterocycles. The minimum absolute atomic E-state index is 0.743. The second-order valence-corrected chi connectivity index (χ2v) is 13.1. The standard InChI is InChI=1S/C19H13.2CH3.Zr/c1-2-10-16-14(6-1)8-4-12-18(16)19-13-5-9-15-7-3-11-17(15)19;;;/h1-13H;2*1H3;. The van der Waals surface area contributed by atoms with E-state index in [4.69, 9.17) is 0 Å². The van der Waals surface area contributed by atoms with Crippen LogP contribution in [0.15, 0.2) is 66.7 Å². The van der Waals surface area contributed by atoms with Crippen LogP contribution in [0.4, 0.5) is 0 Å². The summed E-state index contributed by atoms with van der Waals surface area (Å²) in [5.41, 5.74) is 5.76. The van der Waals surface area contributed by atoms with Gasteiger partial charge < -0.3 is 0 Å². The zero-order chi connectivity index (χ0) is 15.1. The Bertz CT molecular complexity index is 869. The Balaban J connectivity index is 1.96. The molecule has 0 fully saturated rings. The average molecular weight is 363 g/mol. The predicted molar refractivity (Wildman–Crippen MR) is 92.9 cm³/mol. The van der Waals surface area contributed by atoms with Gasteiger partial charge in [-0.2, -0.15) is 0 Å². The van der Waals surface area contributed by atoms with E-state index >= 15 is 0 Å². The molecule has 0 bridgehead atoms. The molecule has 0 amide bonds. The van der Waals surface area contributed by atoms with Crippen molar-refractivity contribution in [1.29, 1.82) is 0 Å². The van der Waals surface area contributed by atoms with Gasteiger partial charge in [0.15, 0.2) is 0 Å². The Morgan fingerprint density at radius 1 is 0.773 bits per heavy atom. The van der Waals surface area contributed by atoms with Crippen LogP contribution in [0.2, 0.25) is 9.26 Å². The van der Waals surface area contributed by atoms with Crippen molar-refractivity contribution < 1.29 is 21.8 Å². The molecule has 1 unspecified atom stereocenters. The molecule has 0 aromatic heterocycles. The van der Waals surface area contributed by atoms with Crippen molar-refractivity contribution in [1.82, 2.24) is 0 Å². The van der Waals surface area contributed by atoms with Crippen molar-refractivity contribution in [3.05, 3.63) is 77.9 Å². The van der Waals surface area contributed by atoms with Gasteiger partial charge in [0.2, 0.25) is 0 Å². The monoisotopic (exact) mass is 361 g/mol. The van der Waals surface area contributed by atoms with Gasteiger partial charge in [0.1, 0.15) is 0 Å². The zero-order valence-corrected chi connectivity index (χ0v) is 15.5. The Morgan fingerprint density at radius 2 is 1.50 bits per heavy atom. The summed E-state index contributed by atoms with van der Waals surface area (Å²) in [6.45, 7) is 0. The van der Waals surface area contributed by atoms with Crippen LogP contribution in [0, 0.1) is 0 Å². The van der Waals surface area contributed by atoms with E-state index in [1.165, 1.54) is 27.5 Å². The first-order chi connectivity index (χ1) is 10.8. The van der Waals surface area contributed by atoms with Gasteiger partial charge in [-0.05, 0) is 0 Å². The SMILES string of the molecule is [CH3][Zr]([CH3])[CH]1C=Cc2c(-c3cccc4ccccc34)cccc21. The van der Waals surface area contributed by atoms with Crippen LogP contribution in [-0.4, -0.2) is 0 Å². The molecule has 107 valence electrons. The first-order valence-corrected chi connectivity index (χ1v) is 14.2. The molecule has 0 saturated heterocycles. The Labute approximate surface area is 140 Å². The van der Waals surface area contributed by atoms with Gasteiger partial charge in [-0.25, -0.2) is 0 Å². The number of rotatable bonds is 2. The van der Waals surface area contributed by atoms with Gasteiger partial charge in [-0.3, -0.25) is 0 Å². The fraction of sp³-hybridized carbons (Fsp3) is 0.143. The van der Waals surface area contributed by atoms with Crippen molar-refractivity contribution in [2.75, 3.05) is 0 Å². The number of hydrogen-bond donors (Lipinski definition) is 0. The van der Waals surface area contributed by atoms with E-state index in [2.05, 4.69) is 82.1 Å². The van der Waals surface area contributed by atoms with E-state index in [0.29, 0.717) is 0 Å². The normalized spacial score (nSPS) is 16.0. The predicted octanol–water partition coefficient (Wildman–Crippen LogP) is 6.29. The van der Waals surface area contributed by atoms with Crippen LogP contribution in [0.5, 0.6) is 0 Å². The van der Waals surface area contributed by atoms with E-state index < -0.39 is 21.8 Å². The molecular weight excluding hydrogens is 343 g/mol. The molecule has 0 spiro atoms. The quantitative estimate of drug-likeness (QED) is 0.502. The van der Waals surface area contributed by atoms with Crippen LogP contribution in [0.3, 0.4) is 0 Å². The molecule has 0 N–H and O–H groups in total. The molecule has 3 aromatic carbocycles. The second kappa shape index (κ2) is 5.63. The first-order valence-electron chi connectivity index (χ1n) is 7.85. The van der Waals surface area contributed by atoms with E-state index in [0.717, 1.165) is 3.63 Å². The van der Waals surface area contributed by atoms with E-state index in [1.54, 1.807) is 5.56 Å². The van der Waals surface area contributed by atoms with Crippen molar-refractivity contribution in [2.24, 2.45) is 0 Å². The number of allylic oxidation sites excluding steroid dienone is 1. The fourth-order valence-corrected chi connectivity index (χ4v) is 6.87. The van der Waals surface area contributed by atoms with Crippen LogP contribution in [0.1, 0.15) is 14.8 Å². The number of fused-ring (bicyclic) bond motifs is 2. The van der Waals surface area contributed by atoms with Gasteiger partial charge in [0.25, 0.3) is 0 Å². The summed E-state index contributed by atoms with van der Waals surface area (Å²) < 4.78 is 5.74. The molecule has 1 heteroatoms. The molecule has 0 aliphatic heterocycles. The molecule has 0 saturated carbocycles. The Hall–Kier alpha value is -1.46. The van der Waals surface area contributed by atoms with E-state index in [9.17, 15) is 0 Å². The van der Waals surface area contributed by atoms with Crippen LogP contribution < -0.4 is 0 Å². The number of hydrogen-bond acceptors (Lipinski definition) is 0.